The van der Waals surface area contributed by atoms with Gasteiger partial charge in [0.1, 0.15) is 0 Å². The van der Waals surface area contributed by atoms with Crippen molar-refractivity contribution in [1.29, 1.82) is 0 Å². The van der Waals surface area contributed by atoms with Crippen LogP contribution in [0.4, 0.5) is 4.79 Å². The van der Waals surface area contributed by atoms with Gasteiger partial charge in [0.15, 0.2) is 0 Å². The molecule has 0 fully saturated rings. The Balaban J connectivity index is 4.40. The zero-order valence-corrected chi connectivity index (χ0v) is 13.5. The molecule has 0 saturated heterocycles. The van der Waals surface area contributed by atoms with Crippen LogP contribution in [-0.2, 0) is 4.79 Å². The summed E-state index contributed by atoms with van der Waals surface area (Å²) in [6.07, 6.45) is 0.439. The average molecular weight is 287 g/mol. The predicted molar refractivity (Wildman–Crippen MR) is 79.8 cm³/mol. The first-order valence-corrected chi connectivity index (χ1v) is 6.98. The summed E-state index contributed by atoms with van der Waals surface area (Å²) in [5, 5.41) is 14.5. The maximum absolute atomic E-state index is 12.0. The van der Waals surface area contributed by atoms with Crippen LogP contribution in [0.1, 0.15) is 40.5 Å². The molecule has 0 bridgehead atoms. The van der Waals surface area contributed by atoms with Crippen molar-refractivity contribution in [2.45, 2.75) is 52.1 Å². The number of rotatable bonds is 8. The molecule has 0 spiro atoms. The summed E-state index contributed by atoms with van der Waals surface area (Å²) in [7, 11) is 3.93. The summed E-state index contributed by atoms with van der Waals surface area (Å²) in [5.41, 5.74) is -0.540. The second kappa shape index (κ2) is 8.09. The van der Waals surface area contributed by atoms with E-state index in [2.05, 4.69) is 24.5 Å². The first-order chi connectivity index (χ1) is 9.03. The average Bonchev–Trinajstić information content (AvgIpc) is 2.24. The normalized spacial score (nSPS) is 13.4. The van der Waals surface area contributed by atoms with Gasteiger partial charge in [-0.25, -0.2) is 4.79 Å². The molecule has 0 saturated carbocycles. The third-order valence-electron chi connectivity index (χ3n) is 3.10. The molecule has 0 aliphatic carbocycles. The van der Waals surface area contributed by atoms with Crippen molar-refractivity contribution >= 4 is 12.0 Å². The van der Waals surface area contributed by atoms with E-state index in [1.807, 2.05) is 32.8 Å². The number of carboxylic acid groups (broad SMARTS) is 1. The number of urea groups is 1. The minimum Gasteiger partial charge on any atom is -0.481 e. The second-order valence-electron chi connectivity index (χ2n) is 6.49. The van der Waals surface area contributed by atoms with Crippen LogP contribution in [0.2, 0.25) is 0 Å². The van der Waals surface area contributed by atoms with Crippen LogP contribution in [0.5, 0.6) is 0 Å². The van der Waals surface area contributed by atoms with Crippen molar-refractivity contribution in [3.8, 4) is 0 Å². The minimum absolute atomic E-state index is 0.0403. The molecule has 0 aliphatic rings. The second-order valence-corrected chi connectivity index (χ2v) is 6.49. The number of hydrogen-bond acceptors (Lipinski definition) is 3. The molecule has 1 unspecified atom stereocenters. The van der Waals surface area contributed by atoms with Gasteiger partial charge in [-0.05, 0) is 40.3 Å². The van der Waals surface area contributed by atoms with Gasteiger partial charge in [0.2, 0.25) is 0 Å². The highest BCUT2D eigenvalue weighted by Crippen LogP contribution is 2.11. The van der Waals surface area contributed by atoms with Crippen LogP contribution in [0.3, 0.4) is 0 Å². The standard InChI is InChI=1S/C14H29N3O3/c1-10(2)11(9-17(5)6)15-13(20)16-14(3,4)8-7-12(18)19/h10-11H,7-9H2,1-6H3,(H,18,19)(H2,15,16,20). The number of nitrogens with one attached hydrogen (secondary N) is 2. The van der Waals surface area contributed by atoms with Crippen molar-refractivity contribution < 1.29 is 14.7 Å². The van der Waals surface area contributed by atoms with Gasteiger partial charge in [0.25, 0.3) is 0 Å². The summed E-state index contributed by atoms with van der Waals surface area (Å²) < 4.78 is 0. The first-order valence-electron chi connectivity index (χ1n) is 6.98. The molecule has 0 rings (SSSR count). The number of likely N-dealkylation sites (N-methyl/N-ethyl adjacent to an activating group) is 1. The molecule has 6 heteroatoms. The fourth-order valence-electron chi connectivity index (χ4n) is 1.81. The lowest BCUT2D eigenvalue weighted by molar-refractivity contribution is -0.137. The molecule has 0 aromatic heterocycles. The van der Waals surface area contributed by atoms with Gasteiger partial charge in [0.05, 0.1) is 0 Å². The Hall–Kier alpha value is -1.30. The van der Waals surface area contributed by atoms with Crippen LogP contribution in [0, 0.1) is 5.92 Å². The SMILES string of the molecule is CC(C)C(CN(C)C)NC(=O)NC(C)(C)CCC(=O)O. The van der Waals surface area contributed by atoms with E-state index in [4.69, 9.17) is 5.11 Å². The van der Waals surface area contributed by atoms with Gasteiger partial charge in [-0.3, -0.25) is 4.79 Å². The monoisotopic (exact) mass is 287 g/mol. The quantitative estimate of drug-likeness (QED) is 0.632. The van der Waals surface area contributed by atoms with E-state index in [1.54, 1.807) is 0 Å². The summed E-state index contributed by atoms with van der Waals surface area (Å²) in [4.78, 5) is 24.6. The lowest BCUT2D eigenvalue weighted by Gasteiger charge is -2.30. The van der Waals surface area contributed by atoms with Crippen molar-refractivity contribution in [2.24, 2.45) is 5.92 Å². The Bertz CT molecular complexity index is 328. The molecule has 0 heterocycles. The number of carbonyl (C=O) groups is 2. The highest BCUT2D eigenvalue weighted by molar-refractivity contribution is 5.75. The van der Waals surface area contributed by atoms with Crippen LogP contribution in [0.15, 0.2) is 0 Å². The van der Waals surface area contributed by atoms with Crippen molar-refractivity contribution in [1.82, 2.24) is 15.5 Å². The summed E-state index contributed by atoms with van der Waals surface area (Å²) >= 11 is 0. The van der Waals surface area contributed by atoms with Crippen molar-refractivity contribution in [3.05, 3.63) is 0 Å². The van der Waals surface area contributed by atoms with Crippen LogP contribution >= 0.6 is 0 Å². The van der Waals surface area contributed by atoms with Crippen LogP contribution in [-0.4, -0.2) is 54.2 Å². The lowest BCUT2D eigenvalue weighted by atomic mass is 9.98. The topological polar surface area (TPSA) is 81.7 Å². The molecule has 0 radical (unpaired) electrons. The largest absolute Gasteiger partial charge is 0.481 e. The van der Waals surface area contributed by atoms with Gasteiger partial charge >= 0.3 is 12.0 Å². The summed E-state index contributed by atoms with van der Waals surface area (Å²) in [5.74, 6) is -0.529. The molecule has 20 heavy (non-hydrogen) atoms. The Labute approximate surface area is 121 Å². The number of amides is 2. The molecule has 1 atom stereocenters. The van der Waals surface area contributed by atoms with Gasteiger partial charge in [-0.2, -0.15) is 0 Å². The van der Waals surface area contributed by atoms with Crippen LogP contribution in [0.25, 0.3) is 0 Å². The third-order valence-corrected chi connectivity index (χ3v) is 3.10. The van der Waals surface area contributed by atoms with E-state index in [1.165, 1.54) is 0 Å². The third kappa shape index (κ3) is 8.74. The number of hydrogen-bond donors (Lipinski definition) is 3. The van der Waals surface area contributed by atoms with E-state index in [-0.39, 0.29) is 18.5 Å². The maximum atomic E-state index is 12.0. The lowest BCUT2D eigenvalue weighted by Crippen LogP contribution is -2.54. The predicted octanol–water partition coefficient (Wildman–Crippen LogP) is 1.52. The van der Waals surface area contributed by atoms with E-state index in [9.17, 15) is 9.59 Å². The van der Waals surface area contributed by atoms with E-state index in [0.717, 1.165) is 6.54 Å². The van der Waals surface area contributed by atoms with Crippen molar-refractivity contribution in [3.63, 3.8) is 0 Å². The number of carbonyl (C=O) groups excluding carboxylic acids is 1. The molecular weight excluding hydrogens is 258 g/mol. The Kier molecular flexibility index (Phi) is 7.57. The summed E-state index contributed by atoms with van der Waals surface area (Å²) in [6, 6.07) is -0.193. The maximum Gasteiger partial charge on any atom is 0.315 e. The number of nitrogens with zero attached hydrogens (tertiary/aromatic N) is 1. The fourth-order valence-corrected chi connectivity index (χ4v) is 1.81. The van der Waals surface area contributed by atoms with Gasteiger partial charge < -0.3 is 20.6 Å². The highest BCUT2D eigenvalue weighted by atomic mass is 16.4. The van der Waals surface area contributed by atoms with Gasteiger partial charge in [-0.1, -0.05) is 13.8 Å². The molecule has 0 aromatic carbocycles. The minimum atomic E-state index is -0.854. The molecule has 118 valence electrons. The zero-order chi connectivity index (χ0) is 15.9. The van der Waals surface area contributed by atoms with E-state index >= 15 is 0 Å². The molecular formula is C14H29N3O3. The molecule has 0 aliphatic heterocycles. The molecule has 2 amide bonds. The molecule has 0 aromatic rings. The Morgan fingerprint density at radius 3 is 2.20 bits per heavy atom. The molecule has 6 nitrogen and oxygen atoms in total. The smallest absolute Gasteiger partial charge is 0.315 e. The first kappa shape index (κ1) is 18.7. The van der Waals surface area contributed by atoms with Gasteiger partial charge in [-0.15, -0.1) is 0 Å². The Morgan fingerprint density at radius 1 is 1.25 bits per heavy atom. The van der Waals surface area contributed by atoms with E-state index in [0.29, 0.717) is 12.3 Å². The van der Waals surface area contributed by atoms with Crippen LogP contribution < -0.4 is 10.6 Å². The van der Waals surface area contributed by atoms with E-state index < -0.39 is 11.5 Å². The molecule has 3 N–H and O–H groups in total. The fraction of sp³-hybridized carbons (Fsp3) is 0.857. The Morgan fingerprint density at radius 2 is 1.80 bits per heavy atom. The number of carboxylic acids is 1. The van der Waals surface area contributed by atoms with Gasteiger partial charge in [0, 0.05) is 24.5 Å². The highest BCUT2D eigenvalue weighted by Gasteiger charge is 2.24. The number of aliphatic carboxylic acids is 1. The summed E-state index contributed by atoms with van der Waals surface area (Å²) in [6.45, 7) is 8.53. The zero-order valence-electron chi connectivity index (χ0n) is 13.5. The van der Waals surface area contributed by atoms with Crippen molar-refractivity contribution in [2.75, 3.05) is 20.6 Å².